The molecule has 0 aliphatic heterocycles. The summed E-state index contributed by atoms with van der Waals surface area (Å²) in [4.78, 5) is 24.7. The predicted molar refractivity (Wildman–Crippen MR) is 58.1 cm³/mol. The Kier molecular flexibility index (Phi) is 2.37. The number of aromatic nitrogens is 1. The number of benzene rings is 1. The molecular weight excluding hydrogens is 190 g/mol. The van der Waals surface area contributed by atoms with Crippen LogP contribution in [0.2, 0.25) is 0 Å². The van der Waals surface area contributed by atoms with Gasteiger partial charge >= 0.3 is 0 Å². The van der Waals surface area contributed by atoms with Gasteiger partial charge in [0.15, 0.2) is 6.29 Å². The Morgan fingerprint density at radius 1 is 1.47 bits per heavy atom. The minimum absolute atomic E-state index is 0.344. The smallest absolute Gasteiger partial charge is 0.227 e. The summed E-state index contributed by atoms with van der Waals surface area (Å²) < 4.78 is 0. The van der Waals surface area contributed by atoms with Crippen LogP contribution in [0.15, 0.2) is 24.4 Å². The molecule has 1 aromatic heterocycles. The number of fused-ring (bicyclic) bond motifs is 1. The first-order valence-electron chi connectivity index (χ1n) is 4.85. The van der Waals surface area contributed by atoms with Crippen LogP contribution in [-0.4, -0.2) is 17.1 Å². The summed E-state index contributed by atoms with van der Waals surface area (Å²) in [6.07, 6.45) is 2.88. The first-order chi connectivity index (χ1) is 7.26. The molecule has 0 aliphatic rings. The lowest BCUT2D eigenvalue weighted by Gasteiger charge is -1.97. The van der Waals surface area contributed by atoms with E-state index in [0.29, 0.717) is 11.8 Å². The van der Waals surface area contributed by atoms with Gasteiger partial charge in [0.1, 0.15) is 0 Å². The van der Waals surface area contributed by atoms with Gasteiger partial charge in [0.05, 0.1) is 5.56 Å². The van der Waals surface area contributed by atoms with Crippen LogP contribution in [-0.2, 0) is 11.2 Å². The third-order valence-electron chi connectivity index (χ3n) is 2.53. The first kappa shape index (κ1) is 9.65. The van der Waals surface area contributed by atoms with E-state index in [1.165, 1.54) is 5.56 Å². The van der Waals surface area contributed by atoms with Crippen molar-refractivity contribution in [3.8, 4) is 0 Å². The number of hydrogen-bond donors (Lipinski definition) is 1. The molecule has 15 heavy (non-hydrogen) atoms. The summed E-state index contributed by atoms with van der Waals surface area (Å²) in [6.45, 7) is 2.07. The molecule has 1 N–H and O–H groups in total. The molecule has 0 bridgehead atoms. The number of carbonyl (C=O) groups excluding carboxylic acids is 2. The van der Waals surface area contributed by atoms with Crippen LogP contribution in [0.5, 0.6) is 0 Å². The van der Waals surface area contributed by atoms with Crippen LogP contribution >= 0.6 is 0 Å². The average Bonchev–Trinajstić information content (AvgIpc) is 2.70. The van der Waals surface area contributed by atoms with Gasteiger partial charge in [-0.05, 0) is 18.1 Å². The number of aryl methyl sites for hydroxylation is 1. The van der Waals surface area contributed by atoms with Crippen molar-refractivity contribution in [1.29, 1.82) is 0 Å². The van der Waals surface area contributed by atoms with Gasteiger partial charge in [-0.25, -0.2) is 0 Å². The van der Waals surface area contributed by atoms with E-state index in [9.17, 15) is 9.59 Å². The molecule has 0 unspecified atom stereocenters. The summed E-state index contributed by atoms with van der Waals surface area (Å²) in [5.41, 5.74) is 2.55. The van der Waals surface area contributed by atoms with Crippen LogP contribution in [0.4, 0.5) is 0 Å². The first-order valence-corrected chi connectivity index (χ1v) is 4.85. The highest BCUT2D eigenvalue weighted by atomic mass is 16.2. The Labute approximate surface area is 87.1 Å². The molecule has 0 saturated heterocycles. The topological polar surface area (TPSA) is 49.9 Å². The summed E-state index contributed by atoms with van der Waals surface area (Å²) in [5, 5.41) is 0.810. The quantitative estimate of drug-likeness (QED) is 0.469. The molecule has 3 heteroatoms. The fourth-order valence-corrected chi connectivity index (χ4v) is 1.66. The summed E-state index contributed by atoms with van der Waals surface area (Å²) in [7, 11) is 0. The van der Waals surface area contributed by atoms with Crippen LogP contribution < -0.4 is 0 Å². The zero-order valence-corrected chi connectivity index (χ0v) is 8.41. The van der Waals surface area contributed by atoms with Crippen molar-refractivity contribution in [1.82, 2.24) is 4.98 Å². The Morgan fingerprint density at radius 2 is 2.27 bits per heavy atom. The van der Waals surface area contributed by atoms with Crippen molar-refractivity contribution in [3.05, 3.63) is 35.5 Å². The van der Waals surface area contributed by atoms with Crippen LogP contribution in [0, 0.1) is 0 Å². The van der Waals surface area contributed by atoms with E-state index in [-0.39, 0.29) is 0 Å². The maximum Gasteiger partial charge on any atom is 0.227 e. The van der Waals surface area contributed by atoms with Crippen molar-refractivity contribution in [2.45, 2.75) is 13.3 Å². The molecule has 0 saturated carbocycles. The lowest BCUT2D eigenvalue weighted by molar-refractivity contribution is -0.104. The van der Waals surface area contributed by atoms with Crippen LogP contribution in [0.3, 0.4) is 0 Å². The van der Waals surface area contributed by atoms with Crippen LogP contribution in [0.25, 0.3) is 10.9 Å². The number of aldehydes is 1. The van der Waals surface area contributed by atoms with Crippen molar-refractivity contribution >= 4 is 23.0 Å². The van der Waals surface area contributed by atoms with Gasteiger partial charge in [0.2, 0.25) is 5.78 Å². The molecule has 0 spiro atoms. The molecule has 76 valence electrons. The van der Waals surface area contributed by atoms with Crippen molar-refractivity contribution in [2.24, 2.45) is 0 Å². The van der Waals surface area contributed by atoms with Crippen molar-refractivity contribution in [2.75, 3.05) is 0 Å². The molecule has 1 heterocycles. The third kappa shape index (κ3) is 1.56. The maximum absolute atomic E-state index is 11.3. The monoisotopic (exact) mass is 201 g/mol. The molecular formula is C12H11NO2. The number of nitrogens with one attached hydrogen (secondary N) is 1. The molecule has 2 aromatic rings. The lowest BCUT2D eigenvalue weighted by atomic mass is 10.1. The molecule has 0 amide bonds. The lowest BCUT2D eigenvalue weighted by Crippen LogP contribution is -1.97. The summed E-state index contributed by atoms with van der Waals surface area (Å²) >= 11 is 0. The highest BCUT2D eigenvalue weighted by Crippen LogP contribution is 2.19. The Balaban J connectivity index is 2.61. The number of ketones is 1. The highest BCUT2D eigenvalue weighted by molar-refractivity contribution is 6.36. The number of rotatable bonds is 3. The van der Waals surface area contributed by atoms with Gasteiger partial charge < -0.3 is 4.98 Å². The van der Waals surface area contributed by atoms with E-state index in [0.717, 1.165) is 17.3 Å². The van der Waals surface area contributed by atoms with Gasteiger partial charge in [-0.3, -0.25) is 9.59 Å². The Hall–Kier alpha value is -1.90. The van der Waals surface area contributed by atoms with E-state index in [1.807, 2.05) is 18.2 Å². The van der Waals surface area contributed by atoms with Gasteiger partial charge in [-0.1, -0.05) is 19.1 Å². The standard InChI is InChI=1S/C12H11NO2/c1-2-8-3-4-9-10(12(15)7-14)6-13-11(9)5-8/h3-7,13H,2H2,1H3. The highest BCUT2D eigenvalue weighted by Gasteiger charge is 2.10. The Bertz CT molecular complexity index is 525. The molecule has 1 aromatic carbocycles. The van der Waals surface area contributed by atoms with Crippen molar-refractivity contribution < 1.29 is 9.59 Å². The molecule has 2 rings (SSSR count). The van der Waals surface area contributed by atoms with E-state index in [2.05, 4.69) is 11.9 Å². The molecule has 0 radical (unpaired) electrons. The van der Waals surface area contributed by atoms with Gasteiger partial charge in [-0.2, -0.15) is 0 Å². The second-order valence-corrected chi connectivity index (χ2v) is 3.42. The molecule has 0 aliphatic carbocycles. The molecule has 3 nitrogen and oxygen atoms in total. The fraction of sp³-hybridized carbons (Fsp3) is 0.167. The van der Waals surface area contributed by atoms with Gasteiger partial charge in [0.25, 0.3) is 0 Å². The molecule has 0 fully saturated rings. The maximum atomic E-state index is 11.3. The third-order valence-corrected chi connectivity index (χ3v) is 2.53. The normalized spacial score (nSPS) is 10.5. The second-order valence-electron chi connectivity index (χ2n) is 3.42. The van der Waals surface area contributed by atoms with E-state index >= 15 is 0 Å². The second kappa shape index (κ2) is 3.69. The van der Waals surface area contributed by atoms with E-state index in [4.69, 9.17) is 0 Å². The van der Waals surface area contributed by atoms with E-state index < -0.39 is 5.78 Å². The van der Waals surface area contributed by atoms with Crippen molar-refractivity contribution in [3.63, 3.8) is 0 Å². The minimum atomic E-state index is -0.481. The number of aromatic amines is 1. The fourth-order valence-electron chi connectivity index (χ4n) is 1.66. The van der Waals surface area contributed by atoms with Gasteiger partial charge in [-0.15, -0.1) is 0 Å². The van der Waals surface area contributed by atoms with Crippen LogP contribution in [0.1, 0.15) is 22.8 Å². The number of Topliss-reactive ketones (excluding diaryl/α,β-unsaturated/α-hetero) is 1. The number of hydrogen-bond acceptors (Lipinski definition) is 2. The predicted octanol–water partition coefficient (Wildman–Crippen LogP) is 2.11. The Morgan fingerprint density at radius 3 is 2.93 bits per heavy atom. The molecule has 0 atom stereocenters. The number of H-pyrrole nitrogens is 1. The zero-order valence-electron chi connectivity index (χ0n) is 8.41. The summed E-state index contributed by atoms with van der Waals surface area (Å²) in [6, 6.07) is 5.84. The largest absolute Gasteiger partial charge is 0.360 e. The SMILES string of the molecule is CCc1ccc2c(C(=O)C=O)c[nH]c2c1. The van der Waals surface area contributed by atoms with E-state index in [1.54, 1.807) is 6.20 Å². The minimum Gasteiger partial charge on any atom is -0.360 e. The summed E-state index contributed by atoms with van der Waals surface area (Å²) in [5.74, 6) is -0.481. The number of carbonyl (C=O) groups is 2. The average molecular weight is 201 g/mol. The zero-order chi connectivity index (χ0) is 10.8. The van der Waals surface area contributed by atoms with Gasteiger partial charge in [0, 0.05) is 17.1 Å².